The molecular formula is C41H25N3OS. The molecule has 0 spiro atoms. The zero-order valence-electron chi connectivity index (χ0n) is 24.6. The highest BCUT2D eigenvalue weighted by molar-refractivity contribution is 7.25. The van der Waals surface area contributed by atoms with Crippen LogP contribution in [0.1, 0.15) is 0 Å². The molecule has 0 aliphatic rings. The molecule has 0 amide bonds. The number of rotatable bonds is 5. The lowest BCUT2D eigenvalue weighted by molar-refractivity contribution is 0.631. The molecule has 4 nitrogen and oxygen atoms in total. The van der Waals surface area contributed by atoms with Crippen molar-refractivity contribution in [2.45, 2.75) is 0 Å². The van der Waals surface area contributed by atoms with Gasteiger partial charge in [0.25, 0.3) is 0 Å². The van der Waals surface area contributed by atoms with E-state index in [4.69, 9.17) is 19.4 Å². The van der Waals surface area contributed by atoms with Gasteiger partial charge in [-0.1, -0.05) is 127 Å². The molecule has 3 heterocycles. The lowest BCUT2D eigenvalue weighted by Gasteiger charge is -2.10. The van der Waals surface area contributed by atoms with Crippen LogP contribution in [0, 0.1) is 0 Å². The largest absolute Gasteiger partial charge is 0.456 e. The molecule has 0 saturated carbocycles. The van der Waals surface area contributed by atoms with E-state index >= 15 is 0 Å². The number of furan rings is 1. The Hall–Kier alpha value is -5.91. The van der Waals surface area contributed by atoms with Gasteiger partial charge in [-0.05, 0) is 35.4 Å². The molecule has 216 valence electrons. The Morgan fingerprint density at radius 3 is 1.67 bits per heavy atom. The third kappa shape index (κ3) is 4.74. The number of aromatic nitrogens is 3. The first-order chi connectivity index (χ1) is 22.7. The van der Waals surface area contributed by atoms with Crippen LogP contribution in [-0.2, 0) is 0 Å². The maximum atomic E-state index is 6.11. The Labute approximate surface area is 269 Å². The van der Waals surface area contributed by atoms with Gasteiger partial charge in [-0.3, -0.25) is 0 Å². The predicted molar refractivity (Wildman–Crippen MR) is 190 cm³/mol. The molecule has 0 aliphatic carbocycles. The summed E-state index contributed by atoms with van der Waals surface area (Å²) in [5.41, 5.74) is 7.01. The summed E-state index contributed by atoms with van der Waals surface area (Å²) in [5.74, 6) is 2.74. The summed E-state index contributed by atoms with van der Waals surface area (Å²) in [6.07, 6.45) is 0. The maximum Gasteiger partial charge on any atom is 0.164 e. The number of hydrogen-bond acceptors (Lipinski definition) is 5. The van der Waals surface area contributed by atoms with Crippen molar-refractivity contribution >= 4 is 42.5 Å². The number of hydrogen-bond donors (Lipinski definition) is 0. The average molecular weight is 608 g/mol. The van der Waals surface area contributed by atoms with Crippen LogP contribution < -0.4 is 0 Å². The van der Waals surface area contributed by atoms with Crippen molar-refractivity contribution in [2.24, 2.45) is 0 Å². The molecule has 0 aliphatic heterocycles. The first-order valence-corrected chi connectivity index (χ1v) is 16.0. The number of para-hydroxylation sites is 1. The van der Waals surface area contributed by atoms with Crippen molar-refractivity contribution in [1.29, 1.82) is 0 Å². The third-order valence-electron chi connectivity index (χ3n) is 8.38. The van der Waals surface area contributed by atoms with Crippen molar-refractivity contribution in [3.63, 3.8) is 0 Å². The van der Waals surface area contributed by atoms with E-state index < -0.39 is 0 Å². The van der Waals surface area contributed by atoms with Crippen LogP contribution in [0.5, 0.6) is 0 Å². The third-order valence-corrected chi connectivity index (χ3v) is 9.51. The van der Waals surface area contributed by atoms with E-state index in [1.165, 1.54) is 25.7 Å². The van der Waals surface area contributed by atoms with Gasteiger partial charge in [0.15, 0.2) is 17.5 Å². The van der Waals surface area contributed by atoms with Gasteiger partial charge in [-0.25, -0.2) is 15.0 Å². The summed E-state index contributed by atoms with van der Waals surface area (Å²) in [6, 6.07) is 52.2. The number of fused-ring (bicyclic) bond motifs is 4. The molecule has 3 aromatic heterocycles. The lowest BCUT2D eigenvalue weighted by Crippen LogP contribution is -2.00. The summed E-state index contributed by atoms with van der Waals surface area (Å²) in [5, 5.41) is 3.60. The first-order valence-electron chi connectivity index (χ1n) is 15.2. The van der Waals surface area contributed by atoms with Gasteiger partial charge in [-0.15, -0.1) is 11.3 Å². The highest BCUT2D eigenvalue weighted by Crippen LogP contribution is 2.37. The van der Waals surface area contributed by atoms with Crippen molar-refractivity contribution in [1.82, 2.24) is 15.0 Å². The normalized spacial score (nSPS) is 11.5. The zero-order valence-corrected chi connectivity index (χ0v) is 25.4. The molecule has 0 saturated heterocycles. The Morgan fingerprint density at radius 1 is 0.391 bits per heavy atom. The van der Waals surface area contributed by atoms with Crippen LogP contribution >= 0.6 is 11.3 Å². The minimum Gasteiger partial charge on any atom is -0.456 e. The molecule has 9 rings (SSSR count). The standard InChI is InChI=1S/C41H25N3OS/c1-2-8-26(9-3-1)27-14-18-29(19-15-27)39-42-40(30-20-16-28(17-21-30)36-24-31-10-4-6-12-35(31)45-36)44-41(43-39)32-22-23-34-33-11-5-7-13-37(33)46-38(34)25-32/h1-25H. The quantitative estimate of drug-likeness (QED) is 0.195. The lowest BCUT2D eigenvalue weighted by atomic mass is 10.0. The second-order valence-corrected chi connectivity index (χ2v) is 12.4. The molecule has 0 unspecified atom stereocenters. The zero-order chi connectivity index (χ0) is 30.5. The molecule has 0 fully saturated rings. The van der Waals surface area contributed by atoms with Crippen LogP contribution in [0.25, 0.3) is 87.8 Å². The molecule has 9 aromatic rings. The van der Waals surface area contributed by atoms with Crippen molar-refractivity contribution in [3.05, 3.63) is 152 Å². The second-order valence-electron chi connectivity index (χ2n) is 11.3. The highest BCUT2D eigenvalue weighted by Gasteiger charge is 2.15. The van der Waals surface area contributed by atoms with Crippen LogP contribution in [-0.4, -0.2) is 15.0 Å². The van der Waals surface area contributed by atoms with Gasteiger partial charge in [-0.2, -0.15) is 0 Å². The average Bonchev–Trinajstić information content (AvgIpc) is 3.73. The highest BCUT2D eigenvalue weighted by atomic mass is 32.1. The van der Waals surface area contributed by atoms with Gasteiger partial charge in [0.1, 0.15) is 11.3 Å². The molecular weight excluding hydrogens is 583 g/mol. The van der Waals surface area contributed by atoms with E-state index in [2.05, 4.69) is 127 Å². The fourth-order valence-electron chi connectivity index (χ4n) is 5.98. The van der Waals surface area contributed by atoms with E-state index in [9.17, 15) is 0 Å². The summed E-state index contributed by atoms with van der Waals surface area (Å²) in [7, 11) is 0. The second kappa shape index (κ2) is 10.9. The van der Waals surface area contributed by atoms with E-state index in [1.54, 1.807) is 11.3 Å². The smallest absolute Gasteiger partial charge is 0.164 e. The van der Waals surface area contributed by atoms with E-state index in [-0.39, 0.29) is 0 Å². The first kappa shape index (κ1) is 26.5. The summed E-state index contributed by atoms with van der Waals surface area (Å²) in [6.45, 7) is 0. The Kier molecular flexibility index (Phi) is 6.28. The summed E-state index contributed by atoms with van der Waals surface area (Å²) < 4.78 is 8.60. The molecule has 0 atom stereocenters. The molecule has 0 radical (unpaired) electrons. The number of benzene rings is 6. The van der Waals surface area contributed by atoms with Crippen molar-refractivity contribution in [3.8, 4) is 56.6 Å². The van der Waals surface area contributed by atoms with Gasteiger partial charge < -0.3 is 4.42 Å². The molecule has 0 N–H and O–H groups in total. The van der Waals surface area contributed by atoms with Crippen LogP contribution in [0.15, 0.2) is 156 Å². The van der Waals surface area contributed by atoms with Gasteiger partial charge >= 0.3 is 0 Å². The molecule has 0 bridgehead atoms. The number of thiophene rings is 1. The van der Waals surface area contributed by atoms with E-state index in [1.807, 2.05) is 24.3 Å². The maximum absolute atomic E-state index is 6.11. The molecule has 6 aromatic carbocycles. The van der Waals surface area contributed by atoms with Gasteiger partial charge in [0.05, 0.1) is 0 Å². The van der Waals surface area contributed by atoms with Crippen molar-refractivity contribution in [2.75, 3.05) is 0 Å². The Morgan fingerprint density at radius 2 is 0.935 bits per heavy atom. The SMILES string of the molecule is c1ccc(-c2ccc(-c3nc(-c4ccc(-c5cc6ccccc6o5)cc4)nc(-c4ccc5c(c4)sc4ccccc45)n3)cc2)cc1. The topological polar surface area (TPSA) is 51.8 Å². The summed E-state index contributed by atoms with van der Waals surface area (Å²) >= 11 is 1.79. The Bertz CT molecular complexity index is 2480. The van der Waals surface area contributed by atoms with E-state index in [0.717, 1.165) is 44.5 Å². The van der Waals surface area contributed by atoms with Crippen LogP contribution in [0.2, 0.25) is 0 Å². The molecule has 46 heavy (non-hydrogen) atoms. The Balaban J connectivity index is 1.15. The van der Waals surface area contributed by atoms with Crippen LogP contribution in [0.4, 0.5) is 0 Å². The molecule has 5 heteroatoms. The van der Waals surface area contributed by atoms with Crippen LogP contribution in [0.3, 0.4) is 0 Å². The minimum absolute atomic E-state index is 0.625. The van der Waals surface area contributed by atoms with Crippen molar-refractivity contribution < 1.29 is 4.42 Å². The summed E-state index contributed by atoms with van der Waals surface area (Å²) in [4.78, 5) is 15.0. The monoisotopic (exact) mass is 607 g/mol. The van der Waals surface area contributed by atoms with E-state index in [0.29, 0.717) is 17.5 Å². The fraction of sp³-hybridized carbons (Fsp3) is 0. The predicted octanol–water partition coefficient (Wildman–Crippen LogP) is 11.3. The van der Waals surface area contributed by atoms with Gasteiger partial charge in [0.2, 0.25) is 0 Å². The van der Waals surface area contributed by atoms with Gasteiger partial charge in [0, 0.05) is 47.8 Å². The fourth-order valence-corrected chi connectivity index (χ4v) is 7.12. The minimum atomic E-state index is 0.625. The number of nitrogens with zero attached hydrogens (tertiary/aromatic N) is 3.